The minimum atomic E-state index is 0.485. The highest BCUT2D eigenvalue weighted by Gasteiger charge is 2.08. The zero-order chi connectivity index (χ0) is 13.1. The van der Waals surface area contributed by atoms with Gasteiger partial charge in [0.2, 0.25) is 5.89 Å². The number of hydrogen-bond donors (Lipinski definition) is 0. The Morgan fingerprint density at radius 3 is 2.95 bits per heavy atom. The summed E-state index contributed by atoms with van der Waals surface area (Å²) in [5, 5.41) is 12.1. The Kier molecular flexibility index (Phi) is 3.36. The predicted molar refractivity (Wildman–Crippen MR) is 67.1 cm³/mol. The van der Waals surface area contributed by atoms with Gasteiger partial charge in [-0.2, -0.15) is 15.2 Å². The lowest BCUT2D eigenvalue weighted by atomic mass is 10.4. The van der Waals surface area contributed by atoms with Crippen LogP contribution in [0.15, 0.2) is 34.0 Å². The zero-order valence-electron chi connectivity index (χ0n) is 9.85. The second kappa shape index (κ2) is 5.31. The van der Waals surface area contributed by atoms with Gasteiger partial charge in [-0.15, -0.1) is 0 Å². The lowest BCUT2D eigenvalue weighted by Crippen LogP contribution is -2.03. The number of aromatic nitrogens is 7. The van der Waals surface area contributed by atoms with Crippen molar-refractivity contribution in [1.29, 1.82) is 0 Å². The second-order valence-electron chi connectivity index (χ2n) is 3.87. The number of halogens is 1. The van der Waals surface area contributed by atoms with Gasteiger partial charge in [0.25, 0.3) is 0 Å². The van der Waals surface area contributed by atoms with Gasteiger partial charge in [0.05, 0.1) is 17.2 Å². The molecule has 19 heavy (non-hydrogen) atoms. The quantitative estimate of drug-likeness (QED) is 0.693. The van der Waals surface area contributed by atoms with Crippen LogP contribution in [0, 0.1) is 0 Å². The highest BCUT2D eigenvalue weighted by Crippen LogP contribution is 2.08. The van der Waals surface area contributed by atoms with Gasteiger partial charge < -0.3 is 4.52 Å². The molecule has 0 bridgehead atoms. The first-order valence-corrected chi connectivity index (χ1v) is 6.41. The number of rotatable bonds is 5. The molecule has 0 aliphatic rings. The van der Waals surface area contributed by atoms with E-state index in [1.165, 1.54) is 6.33 Å². The van der Waals surface area contributed by atoms with Gasteiger partial charge in [-0.1, -0.05) is 5.16 Å². The van der Waals surface area contributed by atoms with E-state index in [-0.39, 0.29) is 0 Å². The number of aryl methyl sites for hydroxylation is 2. The van der Waals surface area contributed by atoms with E-state index < -0.39 is 0 Å². The van der Waals surface area contributed by atoms with Crippen molar-refractivity contribution in [3.8, 4) is 0 Å². The lowest BCUT2D eigenvalue weighted by molar-refractivity contribution is 0.362. The Morgan fingerprint density at radius 1 is 1.26 bits per heavy atom. The van der Waals surface area contributed by atoms with Gasteiger partial charge in [0.15, 0.2) is 5.82 Å². The Morgan fingerprint density at radius 2 is 2.21 bits per heavy atom. The summed E-state index contributed by atoms with van der Waals surface area (Å²) in [5.41, 5.74) is 0. The van der Waals surface area contributed by atoms with E-state index in [0.29, 0.717) is 31.2 Å². The lowest BCUT2D eigenvalue weighted by Gasteiger charge is -1.95. The highest BCUT2D eigenvalue weighted by molar-refractivity contribution is 9.10. The molecule has 3 aromatic rings. The van der Waals surface area contributed by atoms with Crippen LogP contribution in [-0.2, 0) is 19.5 Å². The summed E-state index contributed by atoms with van der Waals surface area (Å²) in [7, 11) is 0. The van der Waals surface area contributed by atoms with Crippen molar-refractivity contribution in [3.05, 3.63) is 41.2 Å². The van der Waals surface area contributed by atoms with E-state index >= 15 is 0 Å². The van der Waals surface area contributed by atoms with Gasteiger partial charge in [-0.25, -0.2) is 4.98 Å². The molecule has 3 rings (SSSR count). The Hall–Kier alpha value is -2.03. The maximum Gasteiger partial charge on any atom is 0.228 e. The molecule has 0 aromatic carbocycles. The molecule has 0 saturated carbocycles. The molecule has 0 amide bonds. The molecule has 0 saturated heterocycles. The van der Waals surface area contributed by atoms with Crippen molar-refractivity contribution in [2.45, 2.75) is 19.5 Å². The molecule has 0 fully saturated rings. The van der Waals surface area contributed by atoms with Crippen molar-refractivity contribution in [3.63, 3.8) is 0 Å². The van der Waals surface area contributed by atoms with Gasteiger partial charge >= 0.3 is 0 Å². The largest absolute Gasteiger partial charge is 0.339 e. The molecule has 8 nitrogen and oxygen atoms in total. The molecule has 0 spiro atoms. The Balaban J connectivity index is 1.60. The van der Waals surface area contributed by atoms with Crippen LogP contribution in [0.3, 0.4) is 0 Å². The van der Waals surface area contributed by atoms with Crippen LogP contribution in [0.2, 0.25) is 0 Å². The average Bonchev–Trinajstić information content (AvgIpc) is 3.10. The van der Waals surface area contributed by atoms with E-state index in [4.69, 9.17) is 4.52 Å². The fraction of sp³-hybridized carbons (Fsp3) is 0.300. The molecule has 0 N–H and O–H groups in total. The molecule has 98 valence electrons. The van der Waals surface area contributed by atoms with Crippen molar-refractivity contribution in [2.75, 3.05) is 0 Å². The van der Waals surface area contributed by atoms with Crippen molar-refractivity contribution in [1.82, 2.24) is 34.7 Å². The van der Waals surface area contributed by atoms with Crippen molar-refractivity contribution >= 4 is 15.9 Å². The smallest absolute Gasteiger partial charge is 0.228 e. The van der Waals surface area contributed by atoms with Crippen LogP contribution in [0.5, 0.6) is 0 Å². The van der Waals surface area contributed by atoms with Gasteiger partial charge in [0, 0.05) is 12.6 Å². The molecule has 3 aromatic heterocycles. The van der Waals surface area contributed by atoms with Crippen molar-refractivity contribution in [2.24, 2.45) is 0 Å². The van der Waals surface area contributed by atoms with Crippen molar-refractivity contribution < 1.29 is 4.52 Å². The summed E-state index contributed by atoms with van der Waals surface area (Å²) in [6.45, 7) is 1.15. The summed E-state index contributed by atoms with van der Waals surface area (Å²) in [4.78, 5) is 8.17. The summed E-state index contributed by atoms with van der Waals surface area (Å²) in [6.07, 6.45) is 7.34. The van der Waals surface area contributed by atoms with E-state index in [9.17, 15) is 0 Å². The fourth-order valence-corrected chi connectivity index (χ4v) is 1.91. The zero-order valence-corrected chi connectivity index (χ0v) is 11.4. The molecular formula is C10H10BrN7O. The maximum atomic E-state index is 5.17. The summed E-state index contributed by atoms with van der Waals surface area (Å²) >= 11 is 3.33. The third-order valence-electron chi connectivity index (χ3n) is 2.44. The van der Waals surface area contributed by atoms with Crippen LogP contribution in [-0.4, -0.2) is 34.7 Å². The third-order valence-corrected chi connectivity index (χ3v) is 2.85. The van der Waals surface area contributed by atoms with E-state index in [1.807, 2.05) is 6.20 Å². The van der Waals surface area contributed by atoms with E-state index in [1.54, 1.807) is 21.9 Å². The SMILES string of the molecule is Brc1cnn(Cc2noc(CCn3cncn3)n2)c1. The average molecular weight is 324 g/mol. The standard InChI is InChI=1S/C10H10BrN7O/c11-8-3-13-18(4-8)5-9-15-10(19-16-9)1-2-17-7-12-6-14-17/h3-4,6-7H,1-2,5H2. The van der Waals surface area contributed by atoms with Gasteiger partial charge in [0.1, 0.15) is 19.2 Å². The Bertz CT molecular complexity index is 644. The molecule has 3 heterocycles. The maximum absolute atomic E-state index is 5.17. The molecule has 0 radical (unpaired) electrons. The molecule has 0 aliphatic carbocycles. The second-order valence-corrected chi connectivity index (χ2v) is 4.78. The Labute approximate surface area is 116 Å². The summed E-state index contributed by atoms with van der Waals surface area (Å²) in [5.74, 6) is 1.18. The van der Waals surface area contributed by atoms with Gasteiger partial charge in [-0.3, -0.25) is 9.36 Å². The van der Waals surface area contributed by atoms with E-state index in [0.717, 1.165) is 4.47 Å². The number of hydrogen-bond acceptors (Lipinski definition) is 6. The first-order valence-electron chi connectivity index (χ1n) is 5.61. The topological polar surface area (TPSA) is 87.5 Å². The fourth-order valence-electron chi connectivity index (χ4n) is 1.58. The normalized spacial score (nSPS) is 11.0. The van der Waals surface area contributed by atoms with Crippen LogP contribution in [0.25, 0.3) is 0 Å². The van der Waals surface area contributed by atoms with Gasteiger partial charge in [-0.05, 0) is 15.9 Å². The summed E-state index contributed by atoms with van der Waals surface area (Å²) < 4.78 is 9.53. The molecule has 0 aliphatic heterocycles. The highest BCUT2D eigenvalue weighted by atomic mass is 79.9. The van der Waals surface area contributed by atoms with Crippen LogP contribution in [0.4, 0.5) is 0 Å². The number of nitrogens with zero attached hydrogens (tertiary/aromatic N) is 7. The molecule has 0 atom stereocenters. The third kappa shape index (κ3) is 3.05. The molecular weight excluding hydrogens is 314 g/mol. The van der Waals surface area contributed by atoms with Crippen LogP contribution >= 0.6 is 15.9 Å². The minimum absolute atomic E-state index is 0.485. The molecule has 9 heteroatoms. The van der Waals surface area contributed by atoms with Crippen LogP contribution < -0.4 is 0 Å². The first kappa shape index (κ1) is 12.0. The monoisotopic (exact) mass is 323 g/mol. The minimum Gasteiger partial charge on any atom is -0.339 e. The predicted octanol–water partition coefficient (Wildman–Crippen LogP) is 0.911. The first-order chi connectivity index (χ1) is 9.29. The van der Waals surface area contributed by atoms with Crippen LogP contribution in [0.1, 0.15) is 11.7 Å². The van der Waals surface area contributed by atoms with E-state index in [2.05, 4.69) is 41.3 Å². The molecule has 0 unspecified atom stereocenters. The summed E-state index contributed by atoms with van der Waals surface area (Å²) in [6, 6.07) is 0.